The van der Waals surface area contributed by atoms with Gasteiger partial charge in [-0.2, -0.15) is 0 Å². The van der Waals surface area contributed by atoms with E-state index in [0.717, 1.165) is 34.9 Å². The summed E-state index contributed by atoms with van der Waals surface area (Å²) in [5.41, 5.74) is 9.50. The molecule has 3 unspecified atom stereocenters. The minimum Gasteiger partial charge on any atom is -0.457 e. The smallest absolute Gasteiger partial charge is 0.175 e. The number of hydrogen-bond donors (Lipinski definition) is 4. The average Bonchev–Trinajstić information content (AvgIpc) is 3.17. The molecule has 5 rings (SSSR count). The second kappa shape index (κ2) is 7.22. The van der Waals surface area contributed by atoms with E-state index in [1.165, 1.54) is 0 Å². The van der Waals surface area contributed by atoms with E-state index >= 15 is 0 Å². The molecule has 0 aromatic heterocycles. The number of ether oxygens (including phenoxy) is 1. The molecule has 0 spiro atoms. The molecule has 28 heavy (non-hydrogen) atoms. The fourth-order valence-electron chi connectivity index (χ4n) is 4.34. The predicted octanol–water partition coefficient (Wildman–Crippen LogP) is 2.30. The number of hydrogen-bond acceptors (Lipinski definition) is 6. The van der Waals surface area contributed by atoms with Crippen molar-refractivity contribution in [1.29, 1.82) is 0 Å². The number of carbonyl (C=O) groups excluding carboxylic acids is 1. The minimum atomic E-state index is 0.0205. The summed E-state index contributed by atoms with van der Waals surface area (Å²) in [5, 5.41) is 7.34. The second-order valence-corrected chi connectivity index (χ2v) is 7.77. The number of carbonyl (C=O) groups is 1. The number of fused-ring (bicyclic) bond motifs is 1. The molecule has 1 saturated heterocycles. The molecule has 4 N–H and O–H groups in total. The number of rotatable bonds is 3. The molecule has 7 heteroatoms. The van der Waals surface area contributed by atoms with E-state index in [0.29, 0.717) is 18.1 Å². The van der Waals surface area contributed by atoms with Gasteiger partial charge >= 0.3 is 0 Å². The van der Waals surface area contributed by atoms with Crippen LogP contribution >= 0.6 is 11.6 Å². The summed E-state index contributed by atoms with van der Waals surface area (Å²) in [5.74, 6) is 1.90. The average molecular weight is 397 g/mol. The quantitative estimate of drug-likeness (QED) is 0.638. The number of halogens is 1. The Morgan fingerprint density at radius 1 is 1.04 bits per heavy atom. The van der Waals surface area contributed by atoms with Gasteiger partial charge in [0.15, 0.2) is 5.78 Å². The van der Waals surface area contributed by atoms with Crippen LogP contribution in [0.5, 0.6) is 11.5 Å². The molecule has 6 nitrogen and oxygen atoms in total. The van der Waals surface area contributed by atoms with Crippen molar-refractivity contribution in [2.45, 2.75) is 12.1 Å². The minimum absolute atomic E-state index is 0.0205. The molecule has 0 aliphatic carbocycles. The van der Waals surface area contributed by atoms with E-state index < -0.39 is 0 Å². The molecule has 2 aromatic carbocycles. The van der Waals surface area contributed by atoms with Crippen LogP contribution < -0.4 is 26.2 Å². The molecule has 2 aromatic rings. The van der Waals surface area contributed by atoms with Crippen molar-refractivity contribution in [2.75, 3.05) is 19.6 Å². The first-order chi connectivity index (χ1) is 13.7. The van der Waals surface area contributed by atoms with Gasteiger partial charge in [-0.25, -0.2) is 5.43 Å². The molecule has 0 radical (unpaired) electrons. The first kappa shape index (κ1) is 17.7. The fraction of sp³-hybridized carbons (Fsp3) is 0.286. The van der Waals surface area contributed by atoms with E-state index in [1.807, 2.05) is 30.3 Å². The first-order valence-corrected chi connectivity index (χ1v) is 9.82. The lowest BCUT2D eigenvalue weighted by Gasteiger charge is -2.39. The van der Waals surface area contributed by atoms with Gasteiger partial charge in [-0.3, -0.25) is 10.2 Å². The van der Waals surface area contributed by atoms with Crippen LogP contribution in [0.2, 0.25) is 5.02 Å². The molecule has 0 bridgehead atoms. The largest absolute Gasteiger partial charge is 0.457 e. The molecule has 3 atom stereocenters. The molecule has 0 saturated carbocycles. The Labute approximate surface area is 168 Å². The van der Waals surface area contributed by atoms with Gasteiger partial charge in [0.25, 0.3) is 0 Å². The Hall–Kier alpha value is -2.38. The summed E-state index contributed by atoms with van der Waals surface area (Å²) >= 11 is 5.96. The zero-order chi connectivity index (χ0) is 19.1. The summed E-state index contributed by atoms with van der Waals surface area (Å²) in [6, 6.07) is 15.3. The van der Waals surface area contributed by atoms with E-state index in [2.05, 4.69) is 27.6 Å². The first-order valence-electron chi connectivity index (χ1n) is 9.44. The van der Waals surface area contributed by atoms with E-state index in [-0.39, 0.29) is 23.8 Å². The predicted molar refractivity (Wildman–Crippen MR) is 107 cm³/mol. The van der Waals surface area contributed by atoms with Crippen LogP contribution in [0, 0.1) is 5.92 Å². The summed E-state index contributed by atoms with van der Waals surface area (Å²) in [7, 11) is 0. The molecule has 3 aliphatic heterocycles. The number of nitrogens with one attached hydrogen (secondary N) is 4. The van der Waals surface area contributed by atoms with Crippen molar-refractivity contribution in [1.82, 2.24) is 21.5 Å². The number of ketones is 1. The SMILES string of the molecule is O=C1CNCC2=C1C(c1cccc(Oc3ccc(Cl)cc3)c1)C1CNNC1N2. The molecular formula is C21H21ClN4O2. The zero-order valence-electron chi connectivity index (χ0n) is 15.2. The monoisotopic (exact) mass is 396 g/mol. The van der Waals surface area contributed by atoms with Crippen molar-refractivity contribution >= 4 is 17.4 Å². The summed E-state index contributed by atoms with van der Waals surface area (Å²) in [6.45, 7) is 1.86. The maximum Gasteiger partial charge on any atom is 0.175 e. The highest BCUT2D eigenvalue weighted by atomic mass is 35.5. The van der Waals surface area contributed by atoms with Gasteiger partial charge in [-0.1, -0.05) is 23.7 Å². The van der Waals surface area contributed by atoms with Crippen LogP contribution in [0.1, 0.15) is 11.5 Å². The number of hydrazine groups is 1. The summed E-state index contributed by atoms with van der Waals surface area (Å²) in [6.07, 6.45) is 0.0947. The Balaban J connectivity index is 1.51. The molecule has 144 valence electrons. The number of Topliss-reactive ketones (excluding diaryl/α,β-unsaturated/α-hetero) is 1. The third-order valence-electron chi connectivity index (χ3n) is 5.57. The van der Waals surface area contributed by atoms with E-state index in [4.69, 9.17) is 16.3 Å². The van der Waals surface area contributed by atoms with Gasteiger partial charge in [-0.05, 0) is 42.0 Å². The lowest BCUT2D eigenvalue weighted by Crippen LogP contribution is -2.53. The van der Waals surface area contributed by atoms with Gasteiger partial charge in [-0.15, -0.1) is 0 Å². The van der Waals surface area contributed by atoms with Crippen LogP contribution in [0.4, 0.5) is 0 Å². The van der Waals surface area contributed by atoms with Gasteiger partial charge in [0.2, 0.25) is 0 Å². The number of benzene rings is 2. The fourth-order valence-corrected chi connectivity index (χ4v) is 4.47. The van der Waals surface area contributed by atoms with Crippen molar-refractivity contribution < 1.29 is 9.53 Å². The molecule has 0 amide bonds. The van der Waals surface area contributed by atoms with Crippen LogP contribution in [0.25, 0.3) is 0 Å². The van der Waals surface area contributed by atoms with Crippen LogP contribution in [-0.4, -0.2) is 31.6 Å². The molecule has 3 heterocycles. The third-order valence-corrected chi connectivity index (χ3v) is 5.82. The molecule has 1 fully saturated rings. The highest BCUT2D eigenvalue weighted by Crippen LogP contribution is 2.41. The van der Waals surface area contributed by atoms with Crippen molar-refractivity contribution in [3.8, 4) is 11.5 Å². The highest BCUT2D eigenvalue weighted by molar-refractivity contribution is 6.30. The topological polar surface area (TPSA) is 74.4 Å². The van der Waals surface area contributed by atoms with Crippen LogP contribution in [-0.2, 0) is 4.79 Å². The van der Waals surface area contributed by atoms with E-state index in [9.17, 15) is 4.79 Å². The maximum atomic E-state index is 12.8. The van der Waals surface area contributed by atoms with Crippen LogP contribution in [0.3, 0.4) is 0 Å². The third kappa shape index (κ3) is 3.18. The normalized spacial score (nSPS) is 26.5. The van der Waals surface area contributed by atoms with Gasteiger partial charge < -0.3 is 15.4 Å². The second-order valence-electron chi connectivity index (χ2n) is 7.34. The Kier molecular flexibility index (Phi) is 4.56. The lowest BCUT2D eigenvalue weighted by molar-refractivity contribution is -0.115. The molecule has 3 aliphatic rings. The van der Waals surface area contributed by atoms with E-state index in [1.54, 1.807) is 12.1 Å². The Bertz CT molecular complexity index is 944. The Morgan fingerprint density at radius 3 is 2.75 bits per heavy atom. The Morgan fingerprint density at radius 2 is 1.89 bits per heavy atom. The van der Waals surface area contributed by atoms with Gasteiger partial charge in [0.05, 0.1) is 12.7 Å². The van der Waals surface area contributed by atoms with Crippen molar-refractivity contribution in [3.05, 3.63) is 70.4 Å². The zero-order valence-corrected chi connectivity index (χ0v) is 15.9. The van der Waals surface area contributed by atoms with Crippen molar-refractivity contribution in [3.63, 3.8) is 0 Å². The molecular weight excluding hydrogens is 376 g/mol. The van der Waals surface area contributed by atoms with Gasteiger partial charge in [0.1, 0.15) is 11.5 Å². The lowest BCUT2D eigenvalue weighted by atomic mass is 9.74. The summed E-state index contributed by atoms with van der Waals surface area (Å²) in [4.78, 5) is 12.8. The maximum absolute atomic E-state index is 12.8. The highest BCUT2D eigenvalue weighted by Gasteiger charge is 2.44. The van der Waals surface area contributed by atoms with Crippen LogP contribution in [0.15, 0.2) is 59.8 Å². The van der Waals surface area contributed by atoms with Crippen molar-refractivity contribution in [2.24, 2.45) is 5.92 Å². The van der Waals surface area contributed by atoms with Gasteiger partial charge in [0, 0.05) is 41.2 Å². The standard InChI is InChI=1S/C21H21ClN4O2/c22-13-4-6-14(7-5-13)28-15-3-1-2-12(8-15)19-16-9-24-26-21(16)25-17-10-23-11-18(27)20(17)19/h1-8,16,19,21,23-26H,9-11H2. The summed E-state index contributed by atoms with van der Waals surface area (Å²) < 4.78 is 6.02.